The Bertz CT molecular complexity index is 477. The van der Waals surface area contributed by atoms with Crippen molar-refractivity contribution in [3.63, 3.8) is 0 Å². The van der Waals surface area contributed by atoms with Crippen LogP contribution in [0, 0.1) is 0 Å². The largest absolute Gasteiger partial charge is 0.383 e. The minimum absolute atomic E-state index is 0.261. The SMILES string of the molecule is COCCNC(=O)C(=O)N/N=C/c1ccccc1Cl. The Balaban J connectivity index is 2.41. The van der Waals surface area contributed by atoms with Crippen LogP contribution in [0.15, 0.2) is 29.4 Å². The van der Waals surface area contributed by atoms with Gasteiger partial charge in [0.15, 0.2) is 0 Å². The van der Waals surface area contributed by atoms with Crippen LogP contribution < -0.4 is 10.7 Å². The predicted octanol–water partition coefficient (Wildman–Crippen LogP) is 0.553. The summed E-state index contributed by atoms with van der Waals surface area (Å²) in [4.78, 5) is 22.6. The number of hydrogen-bond acceptors (Lipinski definition) is 4. The van der Waals surface area contributed by atoms with Crippen LogP contribution in [0.1, 0.15) is 5.56 Å². The van der Waals surface area contributed by atoms with Crippen molar-refractivity contribution in [2.45, 2.75) is 0 Å². The van der Waals surface area contributed by atoms with Gasteiger partial charge in [0.05, 0.1) is 12.8 Å². The zero-order chi connectivity index (χ0) is 14.1. The van der Waals surface area contributed by atoms with E-state index >= 15 is 0 Å². The number of nitrogens with one attached hydrogen (secondary N) is 2. The third-order valence-electron chi connectivity index (χ3n) is 2.07. The Morgan fingerprint density at radius 2 is 2.11 bits per heavy atom. The van der Waals surface area contributed by atoms with E-state index in [1.807, 2.05) is 0 Å². The highest BCUT2D eigenvalue weighted by Gasteiger charge is 2.11. The lowest BCUT2D eigenvalue weighted by atomic mass is 10.2. The van der Waals surface area contributed by atoms with Gasteiger partial charge in [0.1, 0.15) is 0 Å². The van der Waals surface area contributed by atoms with Crippen LogP contribution in [0.25, 0.3) is 0 Å². The summed E-state index contributed by atoms with van der Waals surface area (Å²) < 4.78 is 4.73. The lowest BCUT2D eigenvalue weighted by molar-refractivity contribution is -0.139. The first-order chi connectivity index (χ1) is 9.15. The predicted molar refractivity (Wildman–Crippen MR) is 72.1 cm³/mol. The van der Waals surface area contributed by atoms with Gasteiger partial charge in [-0.25, -0.2) is 5.43 Å². The molecular weight excluding hydrogens is 270 g/mol. The van der Waals surface area contributed by atoms with Gasteiger partial charge in [0.2, 0.25) is 0 Å². The van der Waals surface area contributed by atoms with Gasteiger partial charge in [-0.2, -0.15) is 5.10 Å². The number of carbonyl (C=O) groups excluding carboxylic acids is 2. The lowest BCUT2D eigenvalue weighted by Crippen LogP contribution is -2.39. The molecule has 1 aromatic rings. The maximum atomic E-state index is 11.3. The Morgan fingerprint density at radius 1 is 1.37 bits per heavy atom. The number of ether oxygens (including phenoxy) is 1. The number of hydrazone groups is 1. The van der Waals surface area contributed by atoms with Gasteiger partial charge in [-0.3, -0.25) is 9.59 Å². The van der Waals surface area contributed by atoms with E-state index in [1.165, 1.54) is 13.3 Å². The molecular formula is C12H14ClN3O3. The fourth-order valence-electron chi connectivity index (χ4n) is 1.14. The van der Waals surface area contributed by atoms with E-state index in [-0.39, 0.29) is 6.54 Å². The van der Waals surface area contributed by atoms with E-state index in [4.69, 9.17) is 16.3 Å². The van der Waals surface area contributed by atoms with Crippen molar-refractivity contribution in [2.24, 2.45) is 5.10 Å². The molecule has 0 saturated heterocycles. The maximum Gasteiger partial charge on any atom is 0.329 e. The number of carbonyl (C=O) groups is 2. The molecule has 19 heavy (non-hydrogen) atoms. The molecule has 0 aliphatic heterocycles. The second-order valence-corrected chi connectivity index (χ2v) is 3.88. The number of nitrogens with zero attached hydrogens (tertiary/aromatic N) is 1. The topological polar surface area (TPSA) is 79.8 Å². The van der Waals surface area contributed by atoms with Gasteiger partial charge < -0.3 is 10.1 Å². The molecule has 1 aromatic carbocycles. The van der Waals surface area contributed by atoms with E-state index in [0.717, 1.165) is 0 Å². The average molecular weight is 284 g/mol. The van der Waals surface area contributed by atoms with Gasteiger partial charge in [-0.05, 0) is 6.07 Å². The molecule has 6 nitrogen and oxygen atoms in total. The first kappa shape index (κ1) is 15.1. The number of hydrogen-bond donors (Lipinski definition) is 2. The van der Waals surface area contributed by atoms with E-state index in [2.05, 4.69) is 15.8 Å². The summed E-state index contributed by atoms with van der Waals surface area (Å²) >= 11 is 5.89. The van der Waals surface area contributed by atoms with Crippen molar-refractivity contribution < 1.29 is 14.3 Å². The zero-order valence-electron chi connectivity index (χ0n) is 10.4. The minimum Gasteiger partial charge on any atom is -0.383 e. The van der Waals surface area contributed by atoms with Gasteiger partial charge in [-0.15, -0.1) is 0 Å². The second kappa shape index (κ2) is 8.23. The molecule has 0 spiro atoms. The van der Waals surface area contributed by atoms with Crippen molar-refractivity contribution in [2.75, 3.05) is 20.3 Å². The average Bonchev–Trinajstić information content (AvgIpc) is 2.41. The van der Waals surface area contributed by atoms with E-state index < -0.39 is 11.8 Å². The second-order valence-electron chi connectivity index (χ2n) is 3.47. The minimum atomic E-state index is -0.848. The van der Waals surface area contributed by atoms with Crippen LogP contribution in [-0.4, -0.2) is 38.3 Å². The summed E-state index contributed by atoms with van der Waals surface area (Å²) in [7, 11) is 1.50. The highest BCUT2D eigenvalue weighted by atomic mass is 35.5. The number of benzene rings is 1. The highest BCUT2D eigenvalue weighted by Crippen LogP contribution is 2.11. The molecule has 2 amide bonds. The Kier molecular flexibility index (Phi) is 6.56. The molecule has 0 fully saturated rings. The summed E-state index contributed by atoms with van der Waals surface area (Å²) in [5.74, 6) is -1.62. The molecule has 0 radical (unpaired) electrons. The number of rotatable bonds is 5. The van der Waals surface area contributed by atoms with Crippen molar-refractivity contribution in [1.82, 2.24) is 10.7 Å². The molecule has 0 aliphatic carbocycles. The van der Waals surface area contributed by atoms with Crippen LogP contribution >= 0.6 is 11.6 Å². The Hall–Kier alpha value is -1.92. The fraction of sp³-hybridized carbons (Fsp3) is 0.250. The third-order valence-corrected chi connectivity index (χ3v) is 2.42. The van der Waals surface area contributed by atoms with Gasteiger partial charge in [-0.1, -0.05) is 29.8 Å². The number of methoxy groups -OCH3 is 1. The number of amides is 2. The van der Waals surface area contributed by atoms with E-state index in [0.29, 0.717) is 17.2 Å². The molecule has 0 unspecified atom stereocenters. The molecule has 0 bridgehead atoms. The fourth-order valence-corrected chi connectivity index (χ4v) is 1.32. The maximum absolute atomic E-state index is 11.3. The first-order valence-electron chi connectivity index (χ1n) is 5.50. The van der Waals surface area contributed by atoms with Crippen molar-refractivity contribution in [1.29, 1.82) is 0 Å². The monoisotopic (exact) mass is 283 g/mol. The molecule has 0 atom stereocenters. The van der Waals surface area contributed by atoms with Gasteiger partial charge in [0.25, 0.3) is 0 Å². The van der Waals surface area contributed by atoms with E-state index in [1.54, 1.807) is 24.3 Å². The van der Waals surface area contributed by atoms with Crippen molar-refractivity contribution in [3.8, 4) is 0 Å². The summed E-state index contributed by atoms with van der Waals surface area (Å²) in [5.41, 5.74) is 2.75. The summed E-state index contributed by atoms with van der Waals surface area (Å²) in [6, 6.07) is 6.99. The van der Waals surface area contributed by atoms with Crippen LogP contribution in [0.2, 0.25) is 5.02 Å². The molecule has 1 rings (SSSR count). The standard InChI is InChI=1S/C12H14ClN3O3/c1-19-7-6-14-11(17)12(18)16-15-8-9-4-2-3-5-10(9)13/h2-5,8H,6-7H2,1H3,(H,14,17)(H,16,18)/b15-8+. The van der Waals surface area contributed by atoms with Crippen molar-refractivity contribution in [3.05, 3.63) is 34.9 Å². The van der Waals surface area contributed by atoms with E-state index in [9.17, 15) is 9.59 Å². The lowest BCUT2D eigenvalue weighted by Gasteiger charge is -2.02. The van der Waals surface area contributed by atoms with Crippen LogP contribution in [0.4, 0.5) is 0 Å². The third kappa shape index (κ3) is 5.50. The van der Waals surface area contributed by atoms with Crippen molar-refractivity contribution >= 4 is 29.6 Å². The molecule has 0 heterocycles. The Morgan fingerprint density at radius 3 is 2.79 bits per heavy atom. The van der Waals surface area contributed by atoms with Crippen LogP contribution in [0.3, 0.4) is 0 Å². The van der Waals surface area contributed by atoms with Crippen LogP contribution in [-0.2, 0) is 14.3 Å². The summed E-state index contributed by atoms with van der Waals surface area (Å²) in [6.07, 6.45) is 1.36. The molecule has 102 valence electrons. The molecule has 0 aliphatic rings. The Labute approximate surface area is 115 Å². The molecule has 0 aromatic heterocycles. The molecule has 2 N–H and O–H groups in total. The normalized spacial score (nSPS) is 10.4. The highest BCUT2D eigenvalue weighted by molar-refractivity contribution is 6.35. The van der Waals surface area contributed by atoms with Gasteiger partial charge in [0, 0.05) is 24.2 Å². The van der Waals surface area contributed by atoms with Gasteiger partial charge >= 0.3 is 11.8 Å². The quantitative estimate of drug-likeness (QED) is 0.358. The smallest absolute Gasteiger partial charge is 0.329 e. The molecule has 0 saturated carbocycles. The molecule has 7 heteroatoms. The van der Waals surface area contributed by atoms with Crippen LogP contribution in [0.5, 0.6) is 0 Å². The summed E-state index contributed by atoms with van der Waals surface area (Å²) in [5, 5.41) is 6.52. The zero-order valence-corrected chi connectivity index (χ0v) is 11.1. The number of halogens is 1. The summed E-state index contributed by atoms with van der Waals surface area (Å²) in [6.45, 7) is 0.596. The first-order valence-corrected chi connectivity index (χ1v) is 5.87.